The molecule has 0 fully saturated rings. The minimum atomic E-state index is -0.253. The molecular weight excluding hydrogens is 373 g/mol. The summed E-state index contributed by atoms with van der Waals surface area (Å²) in [6.07, 6.45) is 3.14. The van der Waals surface area contributed by atoms with E-state index in [2.05, 4.69) is 15.3 Å². The predicted molar refractivity (Wildman–Crippen MR) is 110 cm³/mol. The van der Waals surface area contributed by atoms with E-state index in [0.717, 1.165) is 33.5 Å². The molecule has 28 heavy (non-hydrogen) atoms. The molecule has 0 aliphatic carbocycles. The van der Waals surface area contributed by atoms with Gasteiger partial charge in [-0.15, -0.1) is 11.3 Å². The van der Waals surface area contributed by atoms with Crippen LogP contribution in [0.4, 0.5) is 9.52 Å². The second-order valence-corrected chi connectivity index (χ2v) is 7.54. The van der Waals surface area contributed by atoms with Crippen molar-refractivity contribution in [3.05, 3.63) is 88.3 Å². The molecule has 4 nitrogen and oxygen atoms in total. The van der Waals surface area contributed by atoms with Crippen LogP contribution in [0.15, 0.2) is 60.8 Å². The first-order chi connectivity index (χ1) is 13.6. The van der Waals surface area contributed by atoms with Gasteiger partial charge in [-0.25, -0.2) is 9.37 Å². The number of hydrogen-bond donors (Lipinski definition) is 1. The van der Waals surface area contributed by atoms with Crippen molar-refractivity contribution in [2.75, 3.05) is 5.32 Å². The summed E-state index contributed by atoms with van der Waals surface area (Å²) in [6.45, 7) is 2.02. The van der Waals surface area contributed by atoms with E-state index < -0.39 is 0 Å². The van der Waals surface area contributed by atoms with Gasteiger partial charge in [-0.2, -0.15) is 0 Å². The Hall–Kier alpha value is -3.12. The average molecular weight is 391 g/mol. The Bertz CT molecular complexity index is 1140. The Labute approximate surface area is 166 Å². The van der Waals surface area contributed by atoms with E-state index in [-0.39, 0.29) is 11.7 Å². The monoisotopic (exact) mass is 391 g/mol. The molecule has 0 radical (unpaired) electrons. The number of nitrogens with one attached hydrogen (secondary N) is 1. The Morgan fingerprint density at radius 1 is 1.14 bits per heavy atom. The third-order valence-electron chi connectivity index (χ3n) is 4.44. The second kappa shape index (κ2) is 7.86. The molecule has 1 amide bonds. The molecule has 0 unspecified atom stereocenters. The van der Waals surface area contributed by atoms with Crippen molar-refractivity contribution in [1.82, 2.24) is 9.97 Å². The van der Waals surface area contributed by atoms with Gasteiger partial charge in [0, 0.05) is 28.6 Å². The third-order valence-corrected chi connectivity index (χ3v) is 5.35. The molecule has 0 saturated heterocycles. The summed E-state index contributed by atoms with van der Waals surface area (Å²) in [7, 11) is 0. The summed E-state index contributed by atoms with van der Waals surface area (Å²) in [4.78, 5) is 22.8. The molecule has 0 bridgehead atoms. The maximum absolute atomic E-state index is 13.0. The zero-order valence-corrected chi connectivity index (χ0v) is 16.1. The van der Waals surface area contributed by atoms with Crippen molar-refractivity contribution in [2.24, 2.45) is 0 Å². The molecule has 0 spiro atoms. The molecule has 6 heteroatoms. The zero-order chi connectivity index (χ0) is 19.5. The Balaban J connectivity index is 1.55. The normalized spacial score (nSPS) is 10.9. The largest absolute Gasteiger partial charge is 0.298 e. The number of carbonyl (C=O) groups is 1. The van der Waals surface area contributed by atoms with E-state index in [1.807, 2.05) is 37.3 Å². The lowest BCUT2D eigenvalue weighted by atomic mass is 10.1. The van der Waals surface area contributed by atoms with Crippen LogP contribution in [0.2, 0.25) is 0 Å². The van der Waals surface area contributed by atoms with Crippen LogP contribution in [-0.2, 0) is 12.8 Å². The van der Waals surface area contributed by atoms with E-state index in [9.17, 15) is 9.18 Å². The molecule has 0 saturated carbocycles. The summed E-state index contributed by atoms with van der Waals surface area (Å²) < 4.78 is 13.0. The Morgan fingerprint density at radius 3 is 2.71 bits per heavy atom. The van der Waals surface area contributed by atoms with Crippen molar-refractivity contribution in [3.63, 3.8) is 0 Å². The smallest absolute Gasteiger partial charge is 0.258 e. The Morgan fingerprint density at radius 2 is 1.93 bits per heavy atom. The van der Waals surface area contributed by atoms with Gasteiger partial charge in [0.1, 0.15) is 5.82 Å². The quantitative estimate of drug-likeness (QED) is 0.506. The van der Waals surface area contributed by atoms with Crippen LogP contribution in [0.5, 0.6) is 0 Å². The maximum atomic E-state index is 13.0. The number of aromatic nitrogens is 2. The number of amides is 1. The van der Waals surface area contributed by atoms with Gasteiger partial charge in [0.15, 0.2) is 5.13 Å². The fourth-order valence-corrected chi connectivity index (χ4v) is 3.86. The first-order valence-corrected chi connectivity index (χ1v) is 9.83. The van der Waals surface area contributed by atoms with Crippen molar-refractivity contribution in [1.29, 1.82) is 0 Å². The van der Waals surface area contributed by atoms with E-state index >= 15 is 0 Å². The fourth-order valence-electron chi connectivity index (χ4n) is 3.01. The van der Waals surface area contributed by atoms with Crippen molar-refractivity contribution < 1.29 is 9.18 Å². The van der Waals surface area contributed by atoms with Crippen LogP contribution in [0.3, 0.4) is 0 Å². The van der Waals surface area contributed by atoms with Crippen molar-refractivity contribution in [2.45, 2.75) is 19.8 Å². The molecule has 2 aromatic heterocycles. The maximum Gasteiger partial charge on any atom is 0.258 e. The van der Waals surface area contributed by atoms with Crippen LogP contribution >= 0.6 is 11.3 Å². The van der Waals surface area contributed by atoms with E-state index in [0.29, 0.717) is 17.1 Å². The topological polar surface area (TPSA) is 54.9 Å². The summed E-state index contributed by atoms with van der Waals surface area (Å²) in [5, 5.41) is 4.26. The van der Waals surface area contributed by atoms with Crippen LogP contribution in [-0.4, -0.2) is 15.9 Å². The lowest BCUT2D eigenvalue weighted by molar-refractivity contribution is 0.102. The first-order valence-electron chi connectivity index (χ1n) is 9.01. The predicted octanol–water partition coefficient (Wildman–Crippen LogP) is 5.24. The highest BCUT2D eigenvalue weighted by molar-refractivity contribution is 7.15. The Kier molecular flexibility index (Phi) is 5.12. The number of fused-ring (bicyclic) bond motifs is 1. The number of carbonyl (C=O) groups excluding carboxylic acids is 1. The molecule has 4 aromatic rings. The van der Waals surface area contributed by atoms with Gasteiger partial charge in [0.2, 0.25) is 0 Å². The molecule has 4 rings (SSSR count). The van der Waals surface area contributed by atoms with E-state index in [1.165, 1.54) is 23.5 Å². The number of pyridine rings is 1. The molecule has 0 aliphatic heterocycles. The van der Waals surface area contributed by atoms with Gasteiger partial charge >= 0.3 is 0 Å². The van der Waals surface area contributed by atoms with Crippen LogP contribution in [0.25, 0.3) is 10.9 Å². The van der Waals surface area contributed by atoms with E-state index in [4.69, 9.17) is 0 Å². The first kappa shape index (κ1) is 18.3. The zero-order valence-electron chi connectivity index (χ0n) is 15.3. The summed E-state index contributed by atoms with van der Waals surface area (Å²) in [6, 6.07) is 15.9. The highest BCUT2D eigenvalue weighted by Gasteiger charge is 2.14. The molecular formula is C22H18FN3OS. The lowest BCUT2D eigenvalue weighted by Crippen LogP contribution is -2.13. The highest BCUT2D eigenvalue weighted by Crippen LogP contribution is 2.24. The summed E-state index contributed by atoms with van der Waals surface area (Å²) in [5.74, 6) is -0.451. The van der Waals surface area contributed by atoms with Gasteiger partial charge < -0.3 is 0 Å². The van der Waals surface area contributed by atoms with Crippen LogP contribution in [0.1, 0.15) is 33.4 Å². The average Bonchev–Trinajstić information content (AvgIpc) is 3.15. The summed E-state index contributed by atoms with van der Waals surface area (Å²) >= 11 is 1.42. The van der Waals surface area contributed by atoms with E-state index in [1.54, 1.807) is 18.3 Å². The van der Waals surface area contributed by atoms with Crippen molar-refractivity contribution in [3.8, 4) is 0 Å². The molecule has 1 N–H and O–H groups in total. The number of nitrogens with zero attached hydrogens (tertiary/aromatic N) is 2. The molecule has 140 valence electrons. The van der Waals surface area contributed by atoms with Gasteiger partial charge in [0.05, 0.1) is 11.1 Å². The standard InChI is InChI=1S/C22H18FN3OS/c1-2-16-12-19(18-5-3-4-6-20(18)25-16)21(27)26-22-24-13-17(28-22)11-14-7-9-15(23)10-8-14/h3-10,12-13H,2,11H2,1H3,(H,24,26,27). The number of anilines is 1. The minimum Gasteiger partial charge on any atom is -0.298 e. The molecule has 2 aromatic carbocycles. The fraction of sp³-hybridized carbons (Fsp3) is 0.136. The van der Waals surface area contributed by atoms with Crippen molar-refractivity contribution >= 4 is 33.3 Å². The number of hydrogen-bond acceptors (Lipinski definition) is 4. The molecule has 0 atom stereocenters. The molecule has 0 aliphatic rings. The number of thiazole rings is 1. The lowest BCUT2D eigenvalue weighted by Gasteiger charge is -2.08. The van der Waals surface area contributed by atoms with Gasteiger partial charge in [-0.05, 0) is 36.2 Å². The SMILES string of the molecule is CCc1cc(C(=O)Nc2ncc(Cc3ccc(F)cc3)s2)c2ccccc2n1. The third kappa shape index (κ3) is 3.92. The van der Waals surface area contributed by atoms with Gasteiger partial charge in [-0.3, -0.25) is 15.1 Å². The molecule has 2 heterocycles. The second-order valence-electron chi connectivity index (χ2n) is 6.42. The number of halogens is 1. The van der Waals surface area contributed by atoms with Crippen LogP contribution in [0, 0.1) is 5.82 Å². The van der Waals surface area contributed by atoms with Crippen LogP contribution < -0.4 is 5.32 Å². The number of benzene rings is 2. The summed E-state index contributed by atoms with van der Waals surface area (Å²) in [5.41, 5.74) is 3.27. The highest BCUT2D eigenvalue weighted by atomic mass is 32.1. The van der Waals surface area contributed by atoms with Gasteiger partial charge in [-0.1, -0.05) is 37.3 Å². The number of para-hydroxylation sites is 1. The minimum absolute atomic E-state index is 0.198. The van der Waals surface area contributed by atoms with Gasteiger partial charge in [0.25, 0.3) is 5.91 Å². The number of aryl methyl sites for hydroxylation is 1. The number of rotatable bonds is 5.